The number of carbonyl (C=O) groups excluding carboxylic acids is 1. The van der Waals surface area contributed by atoms with Crippen molar-refractivity contribution in [1.82, 2.24) is 0 Å². The zero-order valence-corrected chi connectivity index (χ0v) is 10.9. The maximum atomic E-state index is 12.2. The summed E-state index contributed by atoms with van der Waals surface area (Å²) in [6, 6.07) is 14.5. The lowest BCUT2D eigenvalue weighted by Crippen LogP contribution is -2.13. The maximum Gasteiger partial charge on any atom is 0.255 e. The average molecular weight is 250 g/mol. The highest BCUT2D eigenvalue weighted by atomic mass is 16.1. The molecule has 0 atom stereocenters. The average Bonchev–Trinajstić information content (AvgIpc) is 2.42. The summed E-state index contributed by atoms with van der Waals surface area (Å²) in [6.07, 6.45) is 0. The molecule has 0 aromatic heterocycles. The van der Waals surface area contributed by atoms with Crippen molar-refractivity contribution in [3.63, 3.8) is 0 Å². The van der Waals surface area contributed by atoms with E-state index in [1.54, 1.807) is 30.3 Å². The first kappa shape index (κ1) is 12.8. The molecule has 2 aromatic rings. The van der Waals surface area contributed by atoms with Gasteiger partial charge in [-0.3, -0.25) is 4.79 Å². The summed E-state index contributed by atoms with van der Waals surface area (Å²) >= 11 is 0. The quantitative estimate of drug-likeness (QED) is 0.887. The van der Waals surface area contributed by atoms with Gasteiger partial charge in [0, 0.05) is 11.3 Å². The predicted molar refractivity (Wildman–Crippen MR) is 75.0 cm³/mol. The molecule has 1 N–H and O–H groups in total. The molecule has 3 heteroatoms. The summed E-state index contributed by atoms with van der Waals surface area (Å²) in [6.45, 7) is 3.91. The standard InChI is InChI=1S/C16H14N2O/c1-11-4-3-5-15(12(11)2)16(19)18-14-8-6-13(10-17)7-9-14/h3-9H,1-2H3,(H,18,19). The summed E-state index contributed by atoms with van der Waals surface area (Å²) in [5, 5.41) is 11.5. The number of aryl methyl sites for hydroxylation is 1. The lowest BCUT2D eigenvalue weighted by atomic mass is 10.0. The lowest BCUT2D eigenvalue weighted by Gasteiger charge is -2.09. The number of carbonyl (C=O) groups is 1. The van der Waals surface area contributed by atoms with Gasteiger partial charge in [-0.25, -0.2) is 0 Å². The van der Waals surface area contributed by atoms with E-state index in [-0.39, 0.29) is 5.91 Å². The van der Waals surface area contributed by atoms with Crippen LogP contribution in [-0.2, 0) is 0 Å². The van der Waals surface area contributed by atoms with Crippen LogP contribution >= 0.6 is 0 Å². The van der Waals surface area contributed by atoms with E-state index in [1.807, 2.05) is 32.0 Å². The van der Waals surface area contributed by atoms with Gasteiger partial charge in [0.25, 0.3) is 5.91 Å². The molecule has 0 saturated heterocycles. The number of anilines is 1. The third-order valence-electron chi connectivity index (χ3n) is 3.12. The van der Waals surface area contributed by atoms with Crippen molar-refractivity contribution in [3.8, 4) is 6.07 Å². The van der Waals surface area contributed by atoms with Gasteiger partial charge in [0.15, 0.2) is 0 Å². The molecule has 0 bridgehead atoms. The molecule has 2 rings (SSSR count). The number of nitrogens with zero attached hydrogens (tertiary/aromatic N) is 1. The fourth-order valence-corrected chi connectivity index (χ4v) is 1.82. The van der Waals surface area contributed by atoms with Gasteiger partial charge < -0.3 is 5.32 Å². The van der Waals surface area contributed by atoms with Gasteiger partial charge in [0.1, 0.15) is 0 Å². The minimum Gasteiger partial charge on any atom is -0.322 e. The van der Waals surface area contributed by atoms with Crippen molar-refractivity contribution < 1.29 is 4.79 Å². The molecular weight excluding hydrogens is 236 g/mol. The first-order valence-electron chi connectivity index (χ1n) is 5.99. The number of benzene rings is 2. The Hall–Kier alpha value is -2.60. The largest absolute Gasteiger partial charge is 0.322 e. The minimum absolute atomic E-state index is 0.133. The first-order valence-corrected chi connectivity index (χ1v) is 5.99. The SMILES string of the molecule is Cc1cccc(C(=O)Nc2ccc(C#N)cc2)c1C. The van der Waals surface area contributed by atoms with Crippen molar-refractivity contribution in [1.29, 1.82) is 5.26 Å². The molecule has 94 valence electrons. The molecule has 0 heterocycles. The van der Waals surface area contributed by atoms with Gasteiger partial charge in [-0.1, -0.05) is 12.1 Å². The van der Waals surface area contributed by atoms with Gasteiger partial charge in [0.05, 0.1) is 11.6 Å². The Morgan fingerprint density at radius 1 is 1.11 bits per heavy atom. The number of rotatable bonds is 2. The molecule has 19 heavy (non-hydrogen) atoms. The van der Waals surface area contributed by atoms with Gasteiger partial charge in [-0.05, 0) is 55.3 Å². The van der Waals surface area contributed by atoms with Crippen LogP contribution in [0.3, 0.4) is 0 Å². The molecule has 0 aliphatic heterocycles. The van der Waals surface area contributed by atoms with Gasteiger partial charge in [-0.2, -0.15) is 5.26 Å². The molecule has 0 radical (unpaired) electrons. The number of nitrogens with one attached hydrogen (secondary N) is 1. The van der Waals surface area contributed by atoms with Crippen LogP contribution in [0.25, 0.3) is 0 Å². The van der Waals surface area contributed by atoms with E-state index in [0.717, 1.165) is 11.1 Å². The Bertz CT molecular complexity index is 651. The Morgan fingerprint density at radius 3 is 2.42 bits per heavy atom. The second kappa shape index (κ2) is 5.36. The lowest BCUT2D eigenvalue weighted by molar-refractivity contribution is 0.102. The van der Waals surface area contributed by atoms with Crippen molar-refractivity contribution in [2.45, 2.75) is 13.8 Å². The molecule has 3 nitrogen and oxygen atoms in total. The van der Waals surface area contributed by atoms with E-state index >= 15 is 0 Å². The number of nitriles is 1. The van der Waals surface area contributed by atoms with Gasteiger partial charge in [0.2, 0.25) is 0 Å². The van der Waals surface area contributed by atoms with Crippen LogP contribution in [0.4, 0.5) is 5.69 Å². The maximum absolute atomic E-state index is 12.2. The fourth-order valence-electron chi connectivity index (χ4n) is 1.82. The second-order valence-corrected chi connectivity index (χ2v) is 4.39. The van der Waals surface area contributed by atoms with Crippen molar-refractivity contribution >= 4 is 11.6 Å². The molecule has 0 unspecified atom stereocenters. The molecule has 0 spiro atoms. The summed E-state index contributed by atoms with van der Waals surface area (Å²) in [7, 11) is 0. The van der Waals surface area contributed by atoms with E-state index < -0.39 is 0 Å². The Morgan fingerprint density at radius 2 is 1.79 bits per heavy atom. The molecule has 2 aromatic carbocycles. The fraction of sp³-hybridized carbons (Fsp3) is 0.125. The van der Waals surface area contributed by atoms with Crippen LogP contribution in [0.5, 0.6) is 0 Å². The smallest absolute Gasteiger partial charge is 0.255 e. The highest BCUT2D eigenvalue weighted by Gasteiger charge is 2.10. The Labute approximate surface area is 112 Å². The minimum atomic E-state index is -0.133. The number of amides is 1. The number of hydrogen-bond donors (Lipinski definition) is 1. The topological polar surface area (TPSA) is 52.9 Å². The van der Waals surface area contributed by atoms with Crippen LogP contribution in [0.15, 0.2) is 42.5 Å². The third-order valence-corrected chi connectivity index (χ3v) is 3.12. The highest BCUT2D eigenvalue weighted by Crippen LogP contribution is 2.15. The molecule has 1 amide bonds. The van der Waals surface area contributed by atoms with Crippen molar-refractivity contribution in [2.24, 2.45) is 0 Å². The van der Waals surface area contributed by atoms with E-state index in [2.05, 4.69) is 5.32 Å². The summed E-state index contributed by atoms with van der Waals surface area (Å²) in [5.74, 6) is -0.133. The van der Waals surface area contributed by atoms with E-state index in [0.29, 0.717) is 16.8 Å². The molecule has 0 fully saturated rings. The van der Waals surface area contributed by atoms with Crippen LogP contribution in [0.2, 0.25) is 0 Å². The molecular formula is C16H14N2O. The Kier molecular flexibility index (Phi) is 3.63. The van der Waals surface area contributed by atoms with Crippen LogP contribution in [-0.4, -0.2) is 5.91 Å². The van der Waals surface area contributed by atoms with Crippen molar-refractivity contribution in [3.05, 3.63) is 64.7 Å². The Balaban J connectivity index is 2.21. The highest BCUT2D eigenvalue weighted by molar-refractivity contribution is 6.05. The van der Waals surface area contributed by atoms with Crippen LogP contribution in [0, 0.1) is 25.2 Å². The summed E-state index contributed by atoms with van der Waals surface area (Å²) < 4.78 is 0. The first-order chi connectivity index (χ1) is 9.11. The third kappa shape index (κ3) is 2.80. The second-order valence-electron chi connectivity index (χ2n) is 4.39. The summed E-state index contributed by atoms with van der Waals surface area (Å²) in [4.78, 5) is 12.2. The molecule has 0 aliphatic carbocycles. The summed E-state index contributed by atoms with van der Waals surface area (Å²) in [5.41, 5.74) is 4.00. The van der Waals surface area contributed by atoms with Gasteiger partial charge >= 0.3 is 0 Å². The monoisotopic (exact) mass is 250 g/mol. The predicted octanol–water partition coefficient (Wildman–Crippen LogP) is 3.43. The van der Waals surface area contributed by atoms with E-state index in [4.69, 9.17) is 5.26 Å². The normalized spacial score (nSPS) is 9.74. The van der Waals surface area contributed by atoms with E-state index in [9.17, 15) is 4.79 Å². The zero-order valence-electron chi connectivity index (χ0n) is 10.9. The molecule has 0 aliphatic rings. The zero-order chi connectivity index (χ0) is 13.8. The van der Waals surface area contributed by atoms with Crippen LogP contribution < -0.4 is 5.32 Å². The van der Waals surface area contributed by atoms with E-state index in [1.165, 1.54) is 0 Å². The number of hydrogen-bond acceptors (Lipinski definition) is 2. The van der Waals surface area contributed by atoms with Gasteiger partial charge in [-0.15, -0.1) is 0 Å². The van der Waals surface area contributed by atoms with Crippen LogP contribution in [0.1, 0.15) is 27.0 Å². The molecule has 0 saturated carbocycles. The van der Waals surface area contributed by atoms with Crippen molar-refractivity contribution in [2.75, 3.05) is 5.32 Å².